The zero-order valence-electron chi connectivity index (χ0n) is 14.2. The van der Waals surface area contributed by atoms with Gasteiger partial charge >= 0.3 is 0 Å². The van der Waals surface area contributed by atoms with Crippen molar-refractivity contribution in [2.75, 3.05) is 33.2 Å². The molecule has 0 aromatic heterocycles. The fraction of sp³-hybridized carbons (Fsp3) is 0.611. The Labute approximate surface area is 157 Å². The van der Waals surface area contributed by atoms with Gasteiger partial charge in [-0.15, -0.1) is 24.0 Å². The fourth-order valence-corrected chi connectivity index (χ4v) is 3.33. The van der Waals surface area contributed by atoms with E-state index in [4.69, 9.17) is 0 Å². The molecule has 128 valence electrons. The van der Waals surface area contributed by atoms with E-state index in [-0.39, 0.29) is 24.0 Å². The Bertz CT molecular complexity index is 493. The summed E-state index contributed by atoms with van der Waals surface area (Å²) in [7, 11) is 1.90. The van der Waals surface area contributed by atoms with Gasteiger partial charge in [0.05, 0.1) is 0 Å². The Balaban J connectivity index is 0.00000192. The van der Waals surface area contributed by atoms with Crippen LogP contribution in [0.3, 0.4) is 0 Å². The van der Waals surface area contributed by atoms with Crippen LogP contribution in [0.4, 0.5) is 0 Å². The van der Waals surface area contributed by atoms with Gasteiger partial charge in [-0.25, -0.2) is 0 Å². The van der Waals surface area contributed by atoms with Gasteiger partial charge in [0.15, 0.2) is 5.96 Å². The van der Waals surface area contributed by atoms with Crippen LogP contribution in [0.5, 0.6) is 0 Å². The van der Waals surface area contributed by atoms with Crippen LogP contribution in [0.25, 0.3) is 0 Å². The summed E-state index contributed by atoms with van der Waals surface area (Å²) in [5.41, 5.74) is 1.44. The first-order valence-corrected chi connectivity index (χ1v) is 8.59. The Morgan fingerprint density at radius 1 is 1.17 bits per heavy atom. The van der Waals surface area contributed by atoms with Crippen LogP contribution >= 0.6 is 24.0 Å². The predicted octanol–water partition coefficient (Wildman–Crippen LogP) is 3.11. The highest BCUT2D eigenvalue weighted by atomic mass is 127. The van der Waals surface area contributed by atoms with Crippen LogP contribution in [0.2, 0.25) is 0 Å². The summed E-state index contributed by atoms with van der Waals surface area (Å²) >= 11 is 0. The van der Waals surface area contributed by atoms with Gasteiger partial charge in [0.1, 0.15) is 0 Å². The van der Waals surface area contributed by atoms with E-state index in [0.29, 0.717) is 12.1 Å². The van der Waals surface area contributed by atoms with Gasteiger partial charge in [-0.05, 0) is 24.8 Å². The minimum Gasteiger partial charge on any atom is -0.354 e. The highest BCUT2D eigenvalue weighted by Crippen LogP contribution is 2.25. The number of halogens is 1. The van der Waals surface area contributed by atoms with Crippen LogP contribution in [-0.2, 0) is 0 Å². The summed E-state index contributed by atoms with van der Waals surface area (Å²) in [5, 5.41) is 3.56. The van der Waals surface area contributed by atoms with E-state index in [1.807, 2.05) is 7.05 Å². The third kappa shape index (κ3) is 4.83. The highest BCUT2D eigenvalue weighted by Gasteiger charge is 2.28. The Morgan fingerprint density at radius 2 is 1.83 bits per heavy atom. The normalized spacial score (nSPS) is 20.8. The lowest BCUT2D eigenvalue weighted by Gasteiger charge is -2.40. The summed E-state index contributed by atoms with van der Waals surface area (Å²) < 4.78 is 0. The first-order chi connectivity index (χ1) is 10.8. The molecule has 1 atom stereocenters. The van der Waals surface area contributed by atoms with Gasteiger partial charge in [0.2, 0.25) is 0 Å². The van der Waals surface area contributed by atoms with E-state index < -0.39 is 0 Å². The van der Waals surface area contributed by atoms with Crippen molar-refractivity contribution in [1.82, 2.24) is 15.1 Å². The molecule has 1 saturated heterocycles. The van der Waals surface area contributed by atoms with Crippen molar-refractivity contribution in [3.63, 3.8) is 0 Å². The van der Waals surface area contributed by atoms with Crippen LogP contribution in [-0.4, -0.2) is 55.0 Å². The molecule has 0 radical (unpaired) electrons. The third-order valence-electron chi connectivity index (χ3n) is 4.75. The SMILES string of the molecule is CCC(c1ccccc1)N1CCN(C(=NC)NC2CC2)CC1.I. The Hall–Kier alpha value is -0.820. The summed E-state index contributed by atoms with van der Waals surface area (Å²) in [6.45, 7) is 6.64. The number of rotatable bonds is 4. The molecule has 1 N–H and O–H groups in total. The van der Waals surface area contributed by atoms with Crippen molar-refractivity contribution < 1.29 is 0 Å². The second-order valence-corrected chi connectivity index (χ2v) is 6.32. The molecule has 4 nitrogen and oxygen atoms in total. The van der Waals surface area contributed by atoms with Gasteiger partial charge in [-0.1, -0.05) is 37.3 Å². The first kappa shape index (κ1) is 18.5. The van der Waals surface area contributed by atoms with Crippen molar-refractivity contribution in [2.45, 2.75) is 38.3 Å². The number of benzene rings is 1. The third-order valence-corrected chi connectivity index (χ3v) is 4.75. The maximum absolute atomic E-state index is 4.45. The Morgan fingerprint density at radius 3 is 2.35 bits per heavy atom. The Kier molecular flexibility index (Phi) is 7.14. The molecule has 1 aromatic rings. The standard InChI is InChI=1S/C18H28N4.HI/c1-3-17(15-7-5-4-6-8-15)21-11-13-22(14-12-21)18(19-2)20-16-9-10-16;/h4-8,16-17H,3,9-14H2,1-2H3,(H,19,20);1H. The molecule has 0 spiro atoms. The van der Waals surface area contributed by atoms with Crippen molar-refractivity contribution in [3.05, 3.63) is 35.9 Å². The molecule has 0 bridgehead atoms. The molecule has 1 aromatic carbocycles. The minimum absolute atomic E-state index is 0. The van der Waals surface area contributed by atoms with Crippen molar-refractivity contribution in [2.24, 2.45) is 4.99 Å². The second kappa shape index (κ2) is 8.87. The molecule has 2 fully saturated rings. The largest absolute Gasteiger partial charge is 0.354 e. The maximum Gasteiger partial charge on any atom is 0.193 e. The molecule has 0 amide bonds. The monoisotopic (exact) mass is 428 g/mol. The number of aliphatic imine (C=N–C) groups is 1. The van der Waals surface area contributed by atoms with E-state index in [2.05, 4.69) is 57.4 Å². The molecule has 1 saturated carbocycles. The first-order valence-electron chi connectivity index (χ1n) is 8.59. The second-order valence-electron chi connectivity index (χ2n) is 6.32. The van der Waals surface area contributed by atoms with Gasteiger partial charge in [-0.2, -0.15) is 0 Å². The topological polar surface area (TPSA) is 30.9 Å². The van der Waals surface area contributed by atoms with Gasteiger partial charge in [0.25, 0.3) is 0 Å². The number of piperazine rings is 1. The quantitative estimate of drug-likeness (QED) is 0.454. The van der Waals surface area contributed by atoms with Crippen LogP contribution in [0.1, 0.15) is 37.8 Å². The van der Waals surface area contributed by atoms with E-state index in [1.165, 1.54) is 24.8 Å². The zero-order chi connectivity index (χ0) is 15.4. The van der Waals surface area contributed by atoms with E-state index >= 15 is 0 Å². The smallest absolute Gasteiger partial charge is 0.193 e. The number of nitrogens with zero attached hydrogens (tertiary/aromatic N) is 3. The molecule has 1 aliphatic heterocycles. The predicted molar refractivity (Wildman–Crippen MR) is 108 cm³/mol. The van der Waals surface area contributed by atoms with Crippen LogP contribution in [0, 0.1) is 0 Å². The van der Waals surface area contributed by atoms with Gasteiger partial charge in [0, 0.05) is 45.3 Å². The highest BCUT2D eigenvalue weighted by molar-refractivity contribution is 14.0. The van der Waals surface area contributed by atoms with Gasteiger partial charge in [-0.3, -0.25) is 9.89 Å². The molecule has 1 aliphatic carbocycles. The van der Waals surface area contributed by atoms with Crippen molar-refractivity contribution >= 4 is 29.9 Å². The summed E-state index contributed by atoms with van der Waals surface area (Å²) in [5.74, 6) is 1.09. The van der Waals surface area contributed by atoms with Crippen LogP contribution < -0.4 is 5.32 Å². The molecule has 1 heterocycles. The average molecular weight is 428 g/mol. The molecule has 2 aliphatic rings. The molecular formula is C18H29IN4. The molecule has 1 unspecified atom stereocenters. The molecule has 3 rings (SSSR count). The summed E-state index contributed by atoms with van der Waals surface area (Å²) in [6, 6.07) is 12.1. The number of guanidine groups is 1. The molecular weight excluding hydrogens is 399 g/mol. The van der Waals surface area contributed by atoms with Gasteiger partial charge < -0.3 is 10.2 Å². The lowest BCUT2D eigenvalue weighted by atomic mass is 10.0. The molecule has 23 heavy (non-hydrogen) atoms. The number of hydrogen-bond acceptors (Lipinski definition) is 2. The average Bonchev–Trinajstić information content (AvgIpc) is 3.39. The summed E-state index contributed by atoms with van der Waals surface area (Å²) in [6.07, 6.45) is 3.76. The van der Waals surface area contributed by atoms with Crippen LogP contribution in [0.15, 0.2) is 35.3 Å². The number of hydrogen-bond donors (Lipinski definition) is 1. The number of nitrogens with one attached hydrogen (secondary N) is 1. The fourth-order valence-electron chi connectivity index (χ4n) is 3.33. The zero-order valence-corrected chi connectivity index (χ0v) is 16.6. The lowest BCUT2D eigenvalue weighted by Crippen LogP contribution is -2.53. The maximum atomic E-state index is 4.45. The van der Waals surface area contributed by atoms with Crippen molar-refractivity contribution in [1.29, 1.82) is 0 Å². The summed E-state index contributed by atoms with van der Waals surface area (Å²) in [4.78, 5) is 9.48. The van der Waals surface area contributed by atoms with E-state index in [0.717, 1.165) is 32.1 Å². The lowest BCUT2D eigenvalue weighted by molar-refractivity contribution is 0.127. The van der Waals surface area contributed by atoms with E-state index in [1.54, 1.807) is 0 Å². The van der Waals surface area contributed by atoms with Crippen molar-refractivity contribution in [3.8, 4) is 0 Å². The molecule has 5 heteroatoms. The minimum atomic E-state index is 0. The van der Waals surface area contributed by atoms with E-state index in [9.17, 15) is 0 Å².